The molecule has 2 N–H and O–H groups in total. The summed E-state index contributed by atoms with van der Waals surface area (Å²) in [6.07, 6.45) is 0.578. The molecule has 2 aromatic rings. The highest BCUT2D eigenvalue weighted by Crippen LogP contribution is 2.22. The van der Waals surface area contributed by atoms with Gasteiger partial charge in [-0.05, 0) is 29.7 Å². The third-order valence-electron chi connectivity index (χ3n) is 4.64. The van der Waals surface area contributed by atoms with E-state index in [0.717, 1.165) is 17.0 Å². The normalized spacial score (nSPS) is 13.7. The second-order valence-electron chi connectivity index (χ2n) is 6.58. The molecule has 0 unspecified atom stereocenters. The molecule has 0 saturated carbocycles. The fourth-order valence-electron chi connectivity index (χ4n) is 3.26. The third kappa shape index (κ3) is 3.15. The molecular formula is C18H22N4O3. The van der Waals surface area contributed by atoms with Crippen molar-refractivity contribution < 1.29 is 14.8 Å². The Morgan fingerprint density at radius 3 is 2.64 bits per heavy atom. The average Bonchev–Trinajstić information content (AvgIpc) is 3.01. The van der Waals surface area contributed by atoms with Gasteiger partial charge in [0.05, 0.1) is 0 Å². The van der Waals surface area contributed by atoms with Gasteiger partial charge in [-0.15, -0.1) is 0 Å². The zero-order valence-electron chi connectivity index (χ0n) is 14.6. The Bertz CT molecular complexity index is 826. The van der Waals surface area contributed by atoms with Crippen molar-refractivity contribution in [2.75, 3.05) is 6.54 Å². The van der Waals surface area contributed by atoms with Crippen LogP contribution < -0.4 is 5.48 Å². The SMILES string of the molecule is CC(C)c1ccc(C(=O)N2CCc3nc(C(=O)NO)ccc3C2)n1C. The van der Waals surface area contributed by atoms with E-state index >= 15 is 0 Å². The summed E-state index contributed by atoms with van der Waals surface area (Å²) in [4.78, 5) is 30.4. The maximum atomic E-state index is 12.9. The van der Waals surface area contributed by atoms with E-state index in [2.05, 4.69) is 18.8 Å². The average molecular weight is 342 g/mol. The number of nitrogens with zero attached hydrogens (tertiary/aromatic N) is 3. The van der Waals surface area contributed by atoms with Crippen LogP contribution >= 0.6 is 0 Å². The van der Waals surface area contributed by atoms with Crippen molar-refractivity contribution in [3.05, 3.63) is 52.6 Å². The van der Waals surface area contributed by atoms with Crippen molar-refractivity contribution in [1.29, 1.82) is 0 Å². The standard InChI is InChI=1S/C18H22N4O3/c1-11(2)15-6-7-16(21(15)3)18(24)22-9-8-13-12(10-22)4-5-14(19-13)17(23)20-25/h4-7,11,25H,8-10H2,1-3H3,(H,20,23). The van der Waals surface area contributed by atoms with Crippen LogP contribution in [0.15, 0.2) is 24.3 Å². The second-order valence-corrected chi connectivity index (χ2v) is 6.58. The van der Waals surface area contributed by atoms with Gasteiger partial charge in [-0.3, -0.25) is 14.8 Å². The van der Waals surface area contributed by atoms with Gasteiger partial charge in [-0.1, -0.05) is 19.9 Å². The maximum Gasteiger partial charge on any atom is 0.293 e. The molecule has 0 radical (unpaired) electrons. The molecule has 0 aromatic carbocycles. The number of aromatic nitrogens is 2. The quantitative estimate of drug-likeness (QED) is 0.658. The summed E-state index contributed by atoms with van der Waals surface area (Å²) in [7, 11) is 1.92. The Hall–Kier alpha value is -2.67. The van der Waals surface area contributed by atoms with Crippen LogP contribution in [0.2, 0.25) is 0 Å². The first-order chi connectivity index (χ1) is 11.9. The first-order valence-electron chi connectivity index (χ1n) is 8.30. The molecule has 3 rings (SSSR count). The largest absolute Gasteiger partial charge is 0.343 e. The Balaban J connectivity index is 1.81. The van der Waals surface area contributed by atoms with Crippen molar-refractivity contribution in [1.82, 2.24) is 19.9 Å². The fraction of sp³-hybridized carbons (Fsp3) is 0.389. The highest BCUT2D eigenvalue weighted by atomic mass is 16.5. The molecule has 3 heterocycles. The summed E-state index contributed by atoms with van der Waals surface area (Å²) in [6.45, 7) is 5.22. The van der Waals surface area contributed by atoms with Gasteiger partial charge in [0, 0.05) is 37.9 Å². The third-order valence-corrected chi connectivity index (χ3v) is 4.64. The first-order valence-corrected chi connectivity index (χ1v) is 8.30. The summed E-state index contributed by atoms with van der Waals surface area (Å²) in [5.74, 6) is -0.280. The lowest BCUT2D eigenvalue weighted by atomic mass is 10.0. The minimum Gasteiger partial charge on any atom is -0.343 e. The maximum absolute atomic E-state index is 12.9. The van der Waals surface area contributed by atoms with E-state index in [-0.39, 0.29) is 11.6 Å². The van der Waals surface area contributed by atoms with E-state index in [1.165, 1.54) is 0 Å². The van der Waals surface area contributed by atoms with E-state index in [4.69, 9.17) is 5.21 Å². The van der Waals surface area contributed by atoms with E-state index < -0.39 is 5.91 Å². The lowest BCUT2D eigenvalue weighted by Crippen LogP contribution is -2.37. The van der Waals surface area contributed by atoms with Crippen molar-refractivity contribution in [2.24, 2.45) is 7.05 Å². The lowest BCUT2D eigenvalue weighted by molar-refractivity contribution is 0.0694. The molecule has 0 fully saturated rings. The molecule has 0 bridgehead atoms. The molecule has 2 amide bonds. The van der Waals surface area contributed by atoms with E-state index in [1.54, 1.807) is 22.5 Å². The van der Waals surface area contributed by atoms with Gasteiger partial charge in [0.2, 0.25) is 0 Å². The highest BCUT2D eigenvalue weighted by Gasteiger charge is 2.25. The number of hydrogen-bond acceptors (Lipinski definition) is 4. The van der Waals surface area contributed by atoms with Crippen molar-refractivity contribution in [3.8, 4) is 0 Å². The van der Waals surface area contributed by atoms with E-state index in [9.17, 15) is 9.59 Å². The number of carbonyl (C=O) groups excluding carboxylic acids is 2. The molecular weight excluding hydrogens is 320 g/mol. The molecule has 132 valence electrons. The Labute approximate surface area is 146 Å². The summed E-state index contributed by atoms with van der Waals surface area (Å²) >= 11 is 0. The molecule has 0 saturated heterocycles. The van der Waals surface area contributed by atoms with Gasteiger partial charge in [0.1, 0.15) is 11.4 Å². The fourth-order valence-corrected chi connectivity index (χ4v) is 3.26. The number of rotatable bonds is 3. The van der Waals surface area contributed by atoms with Crippen LogP contribution in [0.3, 0.4) is 0 Å². The highest BCUT2D eigenvalue weighted by molar-refractivity contribution is 5.93. The summed E-state index contributed by atoms with van der Waals surface area (Å²) < 4.78 is 1.95. The lowest BCUT2D eigenvalue weighted by Gasteiger charge is -2.28. The molecule has 0 spiro atoms. The van der Waals surface area contributed by atoms with E-state index in [0.29, 0.717) is 31.1 Å². The van der Waals surface area contributed by atoms with Crippen LogP contribution in [0.4, 0.5) is 0 Å². The number of pyridine rings is 1. The number of hydrogen-bond donors (Lipinski definition) is 2. The molecule has 0 atom stereocenters. The zero-order valence-corrected chi connectivity index (χ0v) is 14.6. The Morgan fingerprint density at radius 2 is 2.00 bits per heavy atom. The molecule has 2 aromatic heterocycles. The van der Waals surface area contributed by atoms with Crippen molar-refractivity contribution in [3.63, 3.8) is 0 Å². The van der Waals surface area contributed by atoms with Crippen LogP contribution in [0.25, 0.3) is 0 Å². The predicted molar refractivity (Wildman–Crippen MR) is 91.4 cm³/mol. The van der Waals surface area contributed by atoms with Crippen LogP contribution in [-0.4, -0.2) is 38.0 Å². The van der Waals surface area contributed by atoms with Gasteiger partial charge in [-0.25, -0.2) is 10.5 Å². The molecule has 1 aliphatic heterocycles. The molecule has 7 nitrogen and oxygen atoms in total. The first kappa shape index (κ1) is 17.2. The van der Waals surface area contributed by atoms with Gasteiger partial charge in [0.15, 0.2) is 0 Å². The molecule has 25 heavy (non-hydrogen) atoms. The molecule has 7 heteroatoms. The number of fused-ring (bicyclic) bond motifs is 1. The smallest absolute Gasteiger partial charge is 0.293 e. The second kappa shape index (κ2) is 6.68. The van der Waals surface area contributed by atoms with Crippen LogP contribution in [0, 0.1) is 0 Å². The number of carbonyl (C=O) groups is 2. The van der Waals surface area contributed by atoms with Crippen LogP contribution in [0.5, 0.6) is 0 Å². The molecule has 0 aliphatic carbocycles. The number of amides is 2. The van der Waals surface area contributed by atoms with Gasteiger partial charge in [0.25, 0.3) is 11.8 Å². The minimum atomic E-state index is -0.633. The Kier molecular flexibility index (Phi) is 4.59. The Morgan fingerprint density at radius 1 is 1.24 bits per heavy atom. The number of nitrogens with one attached hydrogen (secondary N) is 1. The van der Waals surface area contributed by atoms with Gasteiger partial charge in [-0.2, -0.15) is 0 Å². The number of hydroxylamine groups is 1. The monoisotopic (exact) mass is 342 g/mol. The molecule has 1 aliphatic rings. The van der Waals surface area contributed by atoms with Gasteiger partial charge >= 0.3 is 0 Å². The summed E-state index contributed by atoms with van der Waals surface area (Å²) in [5.41, 5.74) is 5.28. The van der Waals surface area contributed by atoms with E-state index in [1.807, 2.05) is 23.7 Å². The summed E-state index contributed by atoms with van der Waals surface area (Å²) in [5, 5.41) is 8.71. The van der Waals surface area contributed by atoms with Crippen molar-refractivity contribution >= 4 is 11.8 Å². The van der Waals surface area contributed by atoms with Crippen LogP contribution in [0.1, 0.15) is 57.7 Å². The topological polar surface area (TPSA) is 87.5 Å². The zero-order chi connectivity index (χ0) is 18.1. The summed E-state index contributed by atoms with van der Waals surface area (Å²) in [6, 6.07) is 7.21. The van der Waals surface area contributed by atoms with Crippen molar-refractivity contribution in [2.45, 2.75) is 32.7 Å². The minimum absolute atomic E-state index is 0.00257. The predicted octanol–water partition coefficient (Wildman–Crippen LogP) is 1.86. The van der Waals surface area contributed by atoms with Gasteiger partial charge < -0.3 is 9.47 Å². The van der Waals surface area contributed by atoms with Crippen LogP contribution in [-0.2, 0) is 20.0 Å².